The fraction of sp³-hybridized carbons (Fsp3) is 0.875. The number of rotatable bonds is 7. The molecule has 1 aliphatic carbocycles. The van der Waals surface area contributed by atoms with Crippen LogP contribution in [0.1, 0.15) is 50.7 Å². The van der Waals surface area contributed by atoms with Crippen molar-refractivity contribution in [3.63, 3.8) is 0 Å². The summed E-state index contributed by atoms with van der Waals surface area (Å²) >= 11 is 0. The standard InChI is InChI=1S/C16H28N4O/c1-12(2)8-20-7-6-13(10-20)9-19(3)11-15-17-16(18-21-15)14-4-5-14/h12-14H,4-11H2,1-3H3. The third-order valence-electron chi connectivity index (χ3n) is 4.39. The van der Waals surface area contributed by atoms with Crippen molar-refractivity contribution in [1.82, 2.24) is 19.9 Å². The molecule has 21 heavy (non-hydrogen) atoms. The highest BCUT2D eigenvalue weighted by atomic mass is 16.5. The molecule has 1 atom stereocenters. The van der Waals surface area contributed by atoms with Crippen LogP contribution in [0.2, 0.25) is 0 Å². The van der Waals surface area contributed by atoms with Crippen molar-refractivity contribution in [2.45, 2.75) is 45.6 Å². The molecule has 0 amide bonds. The zero-order valence-electron chi connectivity index (χ0n) is 13.6. The van der Waals surface area contributed by atoms with Crippen LogP contribution in [0, 0.1) is 11.8 Å². The predicted octanol–water partition coefficient (Wildman–Crippen LogP) is 2.36. The Morgan fingerprint density at radius 2 is 2.14 bits per heavy atom. The zero-order valence-corrected chi connectivity index (χ0v) is 13.6. The molecule has 0 N–H and O–H groups in total. The molecule has 2 heterocycles. The SMILES string of the molecule is CC(C)CN1CCC(CN(C)Cc2nc(C3CC3)no2)C1. The Balaban J connectivity index is 1.42. The lowest BCUT2D eigenvalue weighted by Gasteiger charge is -2.21. The molecule has 1 saturated carbocycles. The Labute approximate surface area is 127 Å². The van der Waals surface area contributed by atoms with Gasteiger partial charge in [-0.2, -0.15) is 4.98 Å². The van der Waals surface area contributed by atoms with Gasteiger partial charge in [0.2, 0.25) is 5.89 Å². The van der Waals surface area contributed by atoms with E-state index >= 15 is 0 Å². The van der Waals surface area contributed by atoms with Crippen LogP contribution >= 0.6 is 0 Å². The highest BCUT2D eigenvalue weighted by Crippen LogP contribution is 2.38. The van der Waals surface area contributed by atoms with Gasteiger partial charge in [-0.1, -0.05) is 19.0 Å². The Kier molecular flexibility index (Phi) is 4.60. The first-order valence-electron chi connectivity index (χ1n) is 8.33. The normalized spacial score (nSPS) is 23.6. The fourth-order valence-electron chi connectivity index (χ4n) is 3.32. The lowest BCUT2D eigenvalue weighted by molar-refractivity contribution is 0.224. The van der Waals surface area contributed by atoms with Crippen LogP contribution in [0.15, 0.2) is 4.52 Å². The third-order valence-corrected chi connectivity index (χ3v) is 4.39. The molecule has 5 nitrogen and oxygen atoms in total. The summed E-state index contributed by atoms with van der Waals surface area (Å²) in [4.78, 5) is 9.44. The largest absolute Gasteiger partial charge is 0.338 e. The molecule has 1 unspecified atom stereocenters. The van der Waals surface area contributed by atoms with Crippen molar-refractivity contribution < 1.29 is 4.52 Å². The topological polar surface area (TPSA) is 45.4 Å². The van der Waals surface area contributed by atoms with Crippen molar-refractivity contribution in [2.75, 3.05) is 33.2 Å². The number of nitrogens with zero attached hydrogens (tertiary/aromatic N) is 4. The first kappa shape index (κ1) is 15.0. The Hall–Kier alpha value is -0.940. The molecule has 0 aromatic carbocycles. The lowest BCUT2D eigenvalue weighted by Crippen LogP contribution is -2.29. The summed E-state index contributed by atoms with van der Waals surface area (Å²) in [5.41, 5.74) is 0. The number of hydrogen-bond donors (Lipinski definition) is 0. The summed E-state index contributed by atoms with van der Waals surface area (Å²) in [6.07, 6.45) is 3.76. The molecular weight excluding hydrogens is 264 g/mol. The van der Waals surface area contributed by atoms with Crippen molar-refractivity contribution in [2.24, 2.45) is 11.8 Å². The van der Waals surface area contributed by atoms with Crippen LogP contribution in [0.4, 0.5) is 0 Å². The van der Waals surface area contributed by atoms with Gasteiger partial charge in [0, 0.05) is 25.6 Å². The second kappa shape index (κ2) is 6.44. The second-order valence-corrected chi connectivity index (χ2v) is 7.33. The van der Waals surface area contributed by atoms with Gasteiger partial charge in [0.15, 0.2) is 5.82 Å². The van der Waals surface area contributed by atoms with Crippen molar-refractivity contribution in [3.05, 3.63) is 11.7 Å². The summed E-state index contributed by atoms with van der Waals surface area (Å²) in [5.74, 6) is 3.81. The van der Waals surface area contributed by atoms with Crippen LogP contribution in [0.5, 0.6) is 0 Å². The molecule has 2 fully saturated rings. The monoisotopic (exact) mass is 292 g/mol. The van der Waals surface area contributed by atoms with Crippen LogP contribution in [-0.4, -0.2) is 53.2 Å². The van der Waals surface area contributed by atoms with Gasteiger partial charge >= 0.3 is 0 Å². The Morgan fingerprint density at radius 1 is 1.33 bits per heavy atom. The van der Waals surface area contributed by atoms with Crippen LogP contribution in [-0.2, 0) is 6.54 Å². The van der Waals surface area contributed by atoms with E-state index in [0.717, 1.165) is 36.6 Å². The molecule has 0 bridgehead atoms. The summed E-state index contributed by atoms with van der Waals surface area (Å²) < 4.78 is 5.36. The minimum absolute atomic E-state index is 0.576. The van der Waals surface area contributed by atoms with E-state index in [9.17, 15) is 0 Å². The molecule has 1 aromatic rings. The van der Waals surface area contributed by atoms with Gasteiger partial charge in [0.25, 0.3) is 0 Å². The van der Waals surface area contributed by atoms with Gasteiger partial charge in [0.05, 0.1) is 6.54 Å². The van der Waals surface area contributed by atoms with E-state index in [0.29, 0.717) is 5.92 Å². The van der Waals surface area contributed by atoms with E-state index in [1.807, 2.05) is 0 Å². The van der Waals surface area contributed by atoms with E-state index < -0.39 is 0 Å². The average molecular weight is 292 g/mol. The Bertz CT molecular complexity index is 455. The fourth-order valence-corrected chi connectivity index (χ4v) is 3.32. The lowest BCUT2D eigenvalue weighted by atomic mass is 10.1. The highest BCUT2D eigenvalue weighted by molar-refractivity contribution is 5.03. The van der Waals surface area contributed by atoms with Crippen molar-refractivity contribution in [1.29, 1.82) is 0 Å². The number of aromatic nitrogens is 2. The van der Waals surface area contributed by atoms with Crippen LogP contribution in [0.25, 0.3) is 0 Å². The first-order chi connectivity index (χ1) is 10.1. The molecule has 1 saturated heterocycles. The molecule has 3 rings (SSSR count). The smallest absolute Gasteiger partial charge is 0.240 e. The van der Waals surface area contributed by atoms with Gasteiger partial charge in [-0.3, -0.25) is 4.90 Å². The van der Waals surface area contributed by atoms with Gasteiger partial charge < -0.3 is 9.42 Å². The van der Waals surface area contributed by atoms with Gasteiger partial charge in [-0.05, 0) is 44.7 Å². The quantitative estimate of drug-likeness (QED) is 0.772. The Morgan fingerprint density at radius 3 is 2.86 bits per heavy atom. The average Bonchev–Trinajstić information content (AvgIpc) is 3.02. The van der Waals surface area contributed by atoms with Crippen molar-refractivity contribution >= 4 is 0 Å². The summed E-state index contributed by atoms with van der Waals surface area (Å²) in [7, 11) is 2.16. The van der Waals surface area contributed by atoms with Crippen molar-refractivity contribution in [3.8, 4) is 0 Å². The molecule has 0 spiro atoms. The second-order valence-electron chi connectivity index (χ2n) is 7.33. The van der Waals surface area contributed by atoms with E-state index in [-0.39, 0.29) is 0 Å². The highest BCUT2D eigenvalue weighted by Gasteiger charge is 2.29. The molecule has 2 aliphatic rings. The van der Waals surface area contributed by atoms with E-state index in [1.54, 1.807) is 0 Å². The molecule has 5 heteroatoms. The first-order valence-corrected chi connectivity index (χ1v) is 8.33. The number of hydrogen-bond acceptors (Lipinski definition) is 5. The predicted molar refractivity (Wildman–Crippen MR) is 82.0 cm³/mol. The van der Waals surface area contributed by atoms with Gasteiger partial charge in [-0.15, -0.1) is 0 Å². The third kappa shape index (κ3) is 4.27. The summed E-state index contributed by atoms with van der Waals surface area (Å²) in [5, 5.41) is 4.09. The summed E-state index contributed by atoms with van der Waals surface area (Å²) in [6.45, 7) is 10.2. The van der Waals surface area contributed by atoms with Crippen LogP contribution in [0.3, 0.4) is 0 Å². The maximum Gasteiger partial charge on any atom is 0.240 e. The van der Waals surface area contributed by atoms with E-state index in [2.05, 4.69) is 40.8 Å². The van der Waals surface area contributed by atoms with E-state index in [1.165, 1.54) is 38.9 Å². The molecule has 118 valence electrons. The minimum atomic E-state index is 0.576. The summed E-state index contributed by atoms with van der Waals surface area (Å²) in [6, 6.07) is 0. The van der Waals surface area contributed by atoms with E-state index in [4.69, 9.17) is 4.52 Å². The molecule has 0 radical (unpaired) electrons. The zero-order chi connectivity index (χ0) is 14.8. The molecule has 1 aromatic heterocycles. The molecule has 1 aliphatic heterocycles. The number of likely N-dealkylation sites (tertiary alicyclic amines) is 1. The molecular formula is C16H28N4O. The van der Waals surface area contributed by atoms with Gasteiger partial charge in [-0.25, -0.2) is 0 Å². The maximum absolute atomic E-state index is 5.36. The van der Waals surface area contributed by atoms with Gasteiger partial charge in [0.1, 0.15) is 0 Å². The maximum atomic E-state index is 5.36. The van der Waals surface area contributed by atoms with Crippen LogP contribution < -0.4 is 0 Å². The minimum Gasteiger partial charge on any atom is -0.338 e.